The van der Waals surface area contributed by atoms with Crippen LogP contribution < -0.4 is 5.90 Å². The number of amides is 2. The number of carboxylic acids is 4. The molecule has 0 aliphatic heterocycles. The van der Waals surface area contributed by atoms with Crippen LogP contribution in [0.25, 0.3) is 0 Å². The van der Waals surface area contributed by atoms with Gasteiger partial charge in [-0.1, -0.05) is 12.1 Å². The van der Waals surface area contributed by atoms with Gasteiger partial charge in [0.1, 0.15) is 50.9 Å². The van der Waals surface area contributed by atoms with Crippen molar-refractivity contribution in [3.8, 4) is 0 Å². The maximum absolute atomic E-state index is 12.9. The Morgan fingerprint density at radius 2 is 1.14 bits per heavy atom. The molecule has 50 heavy (non-hydrogen) atoms. The van der Waals surface area contributed by atoms with Crippen molar-refractivity contribution in [3.05, 3.63) is 66.3 Å². The number of nitrogens with two attached hydrogens (primary N) is 1. The Balaban J connectivity index is 0.00000867. The van der Waals surface area contributed by atoms with Gasteiger partial charge in [-0.15, -0.1) is 9.32 Å². The molecule has 0 aliphatic carbocycles. The number of aliphatic carboxylic acids is 4. The molecular weight excluding hydrogens is 859 g/mol. The summed E-state index contributed by atoms with van der Waals surface area (Å²) in [6.07, 6.45) is 6.36. The van der Waals surface area contributed by atoms with Crippen molar-refractivity contribution in [2.75, 3.05) is 32.7 Å². The molecule has 0 saturated carbocycles. The van der Waals surface area contributed by atoms with E-state index in [2.05, 4.69) is 19.3 Å². The largest absolute Gasteiger partial charge is 0.480 e. The summed E-state index contributed by atoms with van der Waals surface area (Å²) in [5, 5.41) is 36.6. The van der Waals surface area contributed by atoms with Crippen LogP contribution in [0.15, 0.2) is 53.9 Å². The minimum atomic E-state index is -1.37. The molecule has 22 heteroatoms. The first-order valence-corrected chi connectivity index (χ1v) is 15.0. The van der Waals surface area contributed by atoms with Gasteiger partial charge >= 0.3 is 23.9 Å². The number of nitrogens with zero attached hydrogens (tertiary/aromatic N) is 7. The van der Waals surface area contributed by atoms with E-state index in [0.717, 1.165) is 22.5 Å². The summed E-state index contributed by atoms with van der Waals surface area (Å²) >= 11 is 0.916. The number of aromatic nitrogens is 4. The maximum Gasteiger partial charge on any atom is 0.323 e. The Labute approximate surface area is 302 Å². The van der Waals surface area contributed by atoms with Crippen molar-refractivity contribution in [1.29, 1.82) is 0 Å². The Bertz CT molecular complexity index is 1500. The molecule has 0 bridgehead atoms. The van der Waals surface area contributed by atoms with Gasteiger partial charge in [0.05, 0.1) is 25.1 Å². The molecule has 0 spiro atoms. The smallest absolute Gasteiger partial charge is 0.323 e. The predicted octanol–water partition coefficient (Wildman–Crippen LogP) is -0.853. The van der Waals surface area contributed by atoms with E-state index in [1.54, 1.807) is 12.1 Å². The van der Waals surface area contributed by atoms with E-state index in [-0.39, 0.29) is 46.6 Å². The van der Waals surface area contributed by atoms with Crippen molar-refractivity contribution < 1.29 is 78.9 Å². The Morgan fingerprint density at radius 1 is 0.720 bits per heavy atom. The van der Waals surface area contributed by atoms with Crippen LogP contribution >= 0.6 is 12.0 Å². The van der Waals surface area contributed by atoms with Crippen LogP contribution in [0, 0.1) is 0 Å². The second-order valence-electron chi connectivity index (χ2n) is 10.4. The average molecular weight is 893 g/mol. The summed E-state index contributed by atoms with van der Waals surface area (Å²) in [5.74, 6) is -1.35. The first-order valence-electron chi connectivity index (χ1n) is 14.3. The van der Waals surface area contributed by atoms with E-state index in [4.69, 9.17) is 26.3 Å². The summed E-state index contributed by atoms with van der Waals surface area (Å²) in [6.45, 7) is -3.35. The summed E-state index contributed by atoms with van der Waals surface area (Å²) in [4.78, 5) is 87.5. The van der Waals surface area contributed by atoms with Crippen LogP contribution in [0.4, 0.5) is 0 Å². The molecule has 6 N–H and O–H groups in total. The van der Waals surface area contributed by atoms with Crippen molar-refractivity contribution in [2.45, 2.75) is 37.5 Å². The first-order chi connectivity index (χ1) is 23.3. The van der Waals surface area contributed by atoms with E-state index in [1.165, 1.54) is 33.9 Å². The summed E-state index contributed by atoms with van der Waals surface area (Å²) in [5.41, 5.74) is 0.927. The maximum atomic E-state index is 12.9. The van der Waals surface area contributed by atoms with Gasteiger partial charge in [0.15, 0.2) is 0 Å². The number of rotatable bonds is 22. The van der Waals surface area contributed by atoms with Crippen LogP contribution in [-0.2, 0) is 91.1 Å². The van der Waals surface area contributed by atoms with Gasteiger partial charge in [-0.05, 0) is 24.1 Å². The number of carbonyl (C=O) groups is 6. The molecule has 3 rings (SSSR count). The van der Waals surface area contributed by atoms with Crippen molar-refractivity contribution in [2.24, 2.45) is 5.90 Å². The third-order valence-electron chi connectivity index (χ3n) is 6.76. The summed E-state index contributed by atoms with van der Waals surface area (Å²) in [7, 11) is 0. The molecular formula is C28H34N8O12ReS. The molecule has 1 radical (unpaired) electrons. The Hall–Kier alpha value is -4.69. The van der Waals surface area contributed by atoms with E-state index >= 15 is 0 Å². The fourth-order valence-electron chi connectivity index (χ4n) is 4.55. The van der Waals surface area contributed by atoms with Crippen molar-refractivity contribution in [3.63, 3.8) is 0 Å². The second-order valence-corrected chi connectivity index (χ2v) is 11.1. The molecule has 0 saturated heterocycles. The van der Waals surface area contributed by atoms with Crippen molar-refractivity contribution >= 4 is 47.7 Å². The molecule has 0 fully saturated rings. The van der Waals surface area contributed by atoms with E-state index < -0.39 is 61.9 Å². The van der Waals surface area contributed by atoms with Gasteiger partial charge in [-0.25, -0.2) is 9.97 Å². The van der Waals surface area contributed by atoms with Gasteiger partial charge < -0.3 is 39.4 Å². The number of hydrogen-bond acceptors (Lipinski definition) is 13. The number of benzene rings is 1. The molecule has 2 amide bonds. The zero-order valence-corrected chi connectivity index (χ0v) is 29.8. The monoisotopic (exact) mass is 893 g/mol. The zero-order valence-electron chi connectivity index (χ0n) is 26.2. The van der Waals surface area contributed by atoms with E-state index in [1.807, 2.05) is 17.0 Å². The first kappa shape index (κ1) is 41.5. The molecule has 0 unspecified atom stereocenters. The zero-order chi connectivity index (χ0) is 35.9. The Kier molecular flexibility index (Phi) is 17.2. The molecule has 20 nitrogen and oxygen atoms in total. The van der Waals surface area contributed by atoms with Gasteiger partial charge in [-0.2, -0.15) is 5.90 Å². The predicted molar refractivity (Wildman–Crippen MR) is 165 cm³/mol. The fraction of sp³-hybridized carbons (Fsp3) is 0.357. The third kappa shape index (κ3) is 14.0. The molecule has 2 aromatic heterocycles. The third-order valence-corrected chi connectivity index (χ3v) is 7.38. The standard InChI is InChI=1S/C28H34N8O12S.Re/c29-47-48-49-20-3-1-19(2-4-20)5-8-32(11-21-30-6-9-33(21)13-23(37)35(15-25(39)40)16-26(41)42)12-22-31-7-10-34(22)14-24(38)36(17-27(43)44)18-28(45)46;/h1-4,6-7,9-10H,5,8,11-18,29H2,(H,39,40)(H,41,42)(H,43,44)(H,45,46);. The van der Waals surface area contributed by atoms with Crippen molar-refractivity contribution in [1.82, 2.24) is 33.8 Å². The Morgan fingerprint density at radius 3 is 1.52 bits per heavy atom. The number of imidazole rings is 2. The second kappa shape index (κ2) is 20.7. The molecule has 271 valence electrons. The quantitative estimate of drug-likeness (QED) is 0.0467. The molecule has 0 atom stereocenters. The van der Waals surface area contributed by atoms with Crippen LogP contribution in [0.5, 0.6) is 0 Å². The average Bonchev–Trinajstić information content (AvgIpc) is 3.66. The van der Waals surface area contributed by atoms with Gasteiger partial charge in [0, 0.05) is 56.7 Å². The number of carboxylic acid groups (broad SMARTS) is 4. The molecule has 0 aliphatic rings. The summed E-state index contributed by atoms with van der Waals surface area (Å²) in [6, 6.07) is 7.30. The van der Waals surface area contributed by atoms with Gasteiger partial charge in [0.2, 0.25) is 11.8 Å². The SMILES string of the molecule is NOOSc1ccc(CCN(Cc2nccn2CC(=O)N(CC(=O)O)CC(=O)O)Cc2nccn2CC(=O)N(CC(=O)O)CC(=O)O)cc1.[Re]. The normalized spacial score (nSPS) is 10.8. The summed E-state index contributed by atoms with van der Waals surface area (Å²) < 4.78 is 7.58. The minimum absolute atomic E-state index is 0. The van der Waals surface area contributed by atoms with E-state index in [0.29, 0.717) is 34.4 Å². The van der Waals surface area contributed by atoms with E-state index in [9.17, 15) is 28.8 Å². The number of carbonyl (C=O) groups excluding carboxylic acids is 2. The van der Waals surface area contributed by atoms with Crippen LogP contribution in [0.2, 0.25) is 0 Å². The van der Waals surface area contributed by atoms with Crippen LogP contribution in [-0.4, -0.2) is 123 Å². The molecule has 1 aromatic carbocycles. The van der Waals surface area contributed by atoms with Crippen LogP contribution in [0.1, 0.15) is 17.2 Å². The molecule has 3 aromatic rings. The molecule has 2 heterocycles. The topological polar surface area (TPSA) is 273 Å². The van der Waals surface area contributed by atoms with Gasteiger partial charge in [0.25, 0.3) is 0 Å². The number of hydrogen-bond donors (Lipinski definition) is 5. The van der Waals surface area contributed by atoms with Gasteiger partial charge in [-0.3, -0.25) is 33.7 Å². The fourth-order valence-corrected chi connectivity index (χ4v) is 4.92. The van der Waals surface area contributed by atoms with Crippen LogP contribution in [0.3, 0.4) is 0 Å². The minimum Gasteiger partial charge on any atom is -0.480 e.